The van der Waals surface area contributed by atoms with Crippen LogP contribution >= 0.6 is 0 Å². The number of ether oxygens (including phenoxy) is 1. The molecule has 1 N–H and O–H groups in total. The lowest BCUT2D eigenvalue weighted by molar-refractivity contribution is -0.130. The molecule has 1 aliphatic rings. The summed E-state index contributed by atoms with van der Waals surface area (Å²) >= 11 is 0. The highest BCUT2D eigenvalue weighted by molar-refractivity contribution is 6.09. The zero-order valence-corrected chi connectivity index (χ0v) is 16.3. The van der Waals surface area contributed by atoms with Crippen molar-refractivity contribution in [2.24, 2.45) is 0 Å². The Morgan fingerprint density at radius 2 is 1.27 bits per heavy atom. The van der Waals surface area contributed by atoms with Gasteiger partial charge in [0, 0.05) is 22.7 Å². The van der Waals surface area contributed by atoms with E-state index >= 15 is 0 Å². The van der Waals surface area contributed by atoms with Crippen LogP contribution in [0.4, 0.5) is 0 Å². The highest BCUT2D eigenvalue weighted by Crippen LogP contribution is 2.24. The summed E-state index contributed by atoms with van der Waals surface area (Å²) in [5.74, 6) is -1.07. The average molecular weight is 399 g/mol. The third kappa shape index (κ3) is 4.63. The second-order valence-electron chi connectivity index (χ2n) is 7.25. The standard InChI is InChI=1S/C25H21NO4/c27-22(17-7-3-1-4-8-17)18-11-13-20(14-12-18)25(29)30-23(19-9-5-2-6-10-19)24(28)26-21-15-16-21/h1-14,21,23H,15-16H2,(H,26,28)/t23-/m0/s1. The minimum Gasteiger partial charge on any atom is -0.444 e. The average Bonchev–Trinajstić information content (AvgIpc) is 3.62. The van der Waals surface area contributed by atoms with Gasteiger partial charge in [-0.25, -0.2) is 4.79 Å². The molecule has 0 spiro atoms. The Kier molecular flexibility index (Phi) is 5.70. The van der Waals surface area contributed by atoms with Crippen molar-refractivity contribution in [3.8, 4) is 0 Å². The van der Waals surface area contributed by atoms with Crippen LogP contribution in [0.3, 0.4) is 0 Å². The van der Waals surface area contributed by atoms with Crippen LogP contribution in [0.25, 0.3) is 0 Å². The van der Waals surface area contributed by atoms with E-state index in [0.717, 1.165) is 12.8 Å². The normalized spacial score (nSPS) is 13.9. The molecule has 3 aromatic rings. The van der Waals surface area contributed by atoms with Crippen LogP contribution in [0.5, 0.6) is 0 Å². The summed E-state index contributed by atoms with van der Waals surface area (Å²) < 4.78 is 5.56. The Morgan fingerprint density at radius 3 is 1.87 bits per heavy atom. The molecule has 150 valence electrons. The summed E-state index contributed by atoms with van der Waals surface area (Å²) in [6.07, 6.45) is 0.862. The first-order chi connectivity index (χ1) is 14.6. The first-order valence-electron chi connectivity index (χ1n) is 9.88. The van der Waals surface area contributed by atoms with Gasteiger partial charge in [0.05, 0.1) is 5.56 Å². The fourth-order valence-electron chi connectivity index (χ4n) is 3.09. The molecule has 1 aliphatic carbocycles. The molecule has 0 heterocycles. The smallest absolute Gasteiger partial charge is 0.339 e. The summed E-state index contributed by atoms with van der Waals surface area (Å²) in [5.41, 5.74) is 1.94. The van der Waals surface area contributed by atoms with E-state index in [1.165, 1.54) is 0 Å². The predicted octanol–water partition coefficient (Wildman–Crippen LogP) is 4.09. The molecule has 5 nitrogen and oxygen atoms in total. The molecule has 5 heteroatoms. The number of nitrogens with one attached hydrogen (secondary N) is 1. The number of hydrogen-bond donors (Lipinski definition) is 1. The lowest BCUT2D eigenvalue weighted by Gasteiger charge is -2.18. The third-order valence-corrected chi connectivity index (χ3v) is 4.91. The molecule has 1 saturated carbocycles. The van der Waals surface area contributed by atoms with Gasteiger partial charge in [0.1, 0.15) is 0 Å². The summed E-state index contributed by atoms with van der Waals surface area (Å²) in [7, 11) is 0. The quantitative estimate of drug-likeness (QED) is 0.480. The van der Waals surface area contributed by atoms with Gasteiger partial charge in [-0.1, -0.05) is 72.8 Å². The van der Waals surface area contributed by atoms with Gasteiger partial charge in [0.25, 0.3) is 5.91 Å². The van der Waals surface area contributed by atoms with Gasteiger partial charge < -0.3 is 10.1 Å². The molecule has 1 amide bonds. The highest BCUT2D eigenvalue weighted by Gasteiger charge is 2.31. The Morgan fingerprint density at radius 1 is 0.733 bits per heavy atom. The molecule has 0 aliphatic heterocycles. The Labute approximate surface area is 174 Å². The van der Waals surface area contributed by atoms with E-state index in [0.29, 0.717) is 16.7 Å². The van der Waals surface area contributed by atoms with Crippen LogP contribution in [-0.2, 0) is 9.53 Å². The van der Waals surface area contributed by atoms with Crippen molar-refractivity contribution in [2.75, 3.05) is 0 Å². The van der Waals surface area contributed by atoms with Crippen molar-refractivity contribution in [3.05, 3.63) is 107 Å². The van der Waals surface area contributed by atoms with Gasteiger partial charge >= 0.3 is 5.97 Å². The topological polar surface area (TPSA) is 72.5 Å². The second kappa shape index (κ2) is 8.74. The van der Waals surface area contributed by atoms with Crippen LogP contribution in [-0.4, -0.2) is 23.7 Å². The molecular weight excluding hydrogens is 378 g/mol. The highest BCUT2D eigenvalue weighted by atomic mass is 16.5. The number of esters is 1. The summed E-state index contributed by atoms with van der Waals surface area (Å²) in [6.45, 7) is 0. The maximum absolute atomic E-state index is 12.7. The first-order valence-corrected chi connectivity index (χ1v) is 9.88. The Hall–Kier alpha value is -3.73. The molecule has 30 heavy (non-hydrogen) atoms. The van der Waals surface area contributed by atoms with Gasteiger partial charge in [-0.05, 0) is 25.0 Å². The van der Waals surface area contributed by atoms with Gasteiger partial charge in [-0.2, -0.15) is 0 Å². The van der Waals surface area contributed by atoms with E-state index in [1.54, 1.807) is 72.8 Å². The second-order valence-corrected chi connectivity index (χ2v) is 7.25. The van der Waals surface area contributed by atoms with Crippen LogP contribution in [0.15, 0.2) is 84.9 Å². The van der Waals surface area contributed by atoms with Crippen molar-refractivity contribution in [2.45, 2.75) is 25.0 Å². The first kappa shape index (κ1) is 19.6. The van der Waals surface area contributed by atoms with Crippen molar-refractivity contribution in [1.29, 1.82) is 0 Å². The molecule has 4 rings (SSSR count). The zero-order valence-electron chi connectivity index (χ0n) is 16.3. The Balaban J connectivity index is 1.49. The van der Waals surface area contributed by atoms with Crippen molar-refractivity contribution in [1.82, 2.24) is 5.32 Å². The molecule has 1 fully saturated rings. The SMILES string of the molecule is O=C(O[C@H](C(=O)NC1CC1)c1ccccc1)c1ccc(C(=O)c2ccccc2)cc1. The van der Waals surface area contributed by atoms with Crippen LogP contribution in [0.2, 0.25) is 0 Å². The minimum atomic E-state index is -1.02. The minimum absolute atomic E-state index is 0.124. The zero-order chi connectivity index (χ0) is 20.9. The summed E-state index contributed by atoms with van der Waals surface area (Å²) in [4.78, 5) is 37.8. The lowest BCUT2D eigenvalue weighted by atomic mass is 10.0. The molecule has 3 aromatic carbocycles. The van der Waals surface area contributed by atoms with Gasteiger partial charge in [0.2, 0.25) is 6.10 Å². The fraction of sp³-hybridized carbons (Fsp3) is 0.160. The number of rotatable bonds is 7. The molecule has 1 atom stereocenters. The number of carbonyl (C=O) groups excluding carboxylic acids is 3. The maximum Gasteiger partial charge on any atom is 0.339 e. The van der Waals surface area contributed by atoms with E-state index in [4.69, 9.17) is 4.74 Å². The maximum atomic E-state index is 12.7. The van der Waals surface area contributed by atoms with E-state index < -0.39 is 12.1 Å². The molecule has 0 bridgehead atoms. The number of hydrogen-bond acceptors (Lipinski definition) is 4. The largest absolute Gasteiger partial charge is 0.444 e. The molecule has 0 aromatic heterocycles. The van der Waals surface area contributed by atoms with Crippen LogP contribution < -0.4 is 5.32 Å². The number of carbonyl (C=O) groups is 3. The summed E-state index contributed by atoms with van der Waals surface area (Å²) in [6, 6.07) is 24.3. The van der Waals surface area contributed by atoms with Gasteiger partial charge in [0.15, 0.2) is 5.78 Å². The Bertz CT molecular complexity index is 1040. The van der Waals surface area contributed by atoms with Crippen LogP contribution in [0.1, 0.15) is 50.8 Å². The van der Waals surface area contributed by atoms with Gasteiger partial charge in [-0.3, -0.25) is 9.59 Å². The molecular formula is C25H21NO4. The number of ketones is 1. The van der Waals surface area contributed by atoms with E-state index in [9.17, 15) is 14.4 Å². The van der Waals surface area contributed by atoms with E-state index in [1.807, 2.05) is 12.1 Å². The predicted molar refractivity (Wildman–Crippen MR) is 112 cm³/mol. The number of benzene rings is 3. The van der Waals surface area contributed by atoms with Crippen molar-refractivity contribution in [3.63, 3.8) is 0 Å². The van der Waals surface area contributed by atoms with Crippen LogP contribution in [0, 0.1) is 0 Å². The van der Waals surface area contributed by atoms with E-state index in [2.05, 4.69) is 5.32 Å². The van der Waals surface area contributed by atoms with Crippen molar-refractivity contribution >= 4 is 17.7 Å². The molecule has 0 unspecified atom stereocenters. The number of amides is 1. The lowest BCUT2D eigenvalue weighted by Crippen LogP contribution is -2.33. The molecule has 0 saturated heterocycles. The fourth-order valence-corrected chi connectivity index (χ4v) is 3.09. The van der Waals surface area contributed by atoms with E-state index in [-0.39, 0.29) is 23.3 Å². The van der Waals surface area contributed by atoms with Gasteiger partial charge in [-0.15, -0.1) is 0 Å². The summed E-state index contributed by atoms with van der Waals surface area (Å²) in [5, 5.41) is 2.89. The van der Waals surface area contributed by atoms with Crippen molar-refractivity contribution < 1.29 is 19.1 Å². The third-order valence-electron chi connectivity index (χ3n) is 4.91. The monoisotopic (exact) mass is 399 g/mol. The molecule has 0 radical (unpaired) electrons.